The molecular formula is C25H34N5O5S-. The number of nitrogens with zero attached hydrogens (tertiary/aromatic N) is 4. The molecule has 1 N–H and O–H groups in total. The van der Waals surface area contributed by atoms with Crippen molar-refractivity contribution >= 4 is 28.0 Å². The quantitative estimate of drug-likeness (QED) is 0.390. The molecule has 2 aromatic heterocycles. The smallest absolute Gasteiger partial charge is 0.260 e. The summed E-state index contributed by atoms with van der Waals surface area (Å²) < 4.78 is 38.9. The minimum Gasteiger partial charge on any atom is -0.755 e. The maximum absolute atomic E-state index is 13.0. The molecule has 36 heavy (non-hydrogen) atoms. The van der Waals surface area contributed by atoms with Crippen molar-refractivity contribution in [2.24, 2.45) is 0 Å². The molecule has 3 aromatic rings. The van der Waals surface area contributed by atoms with Crippen molar-refractivity contribution in [3.63, 3.8) is 0 Å². The van der Waals surface area contributed by atoms with Crippen LogP contribution in [0.1, 0.15) is 32.3 Å². The van der Waals surface area contributed by atoms with Crippen molar-refractivity contribution in [2.45, 2.75) is 40.2 Å². The standard InChI is InChI=1S/C25H35N5O5S/c1-4-9-29-17-18(3)22-24(29)26-23(27-25(22)31)20-16-19(7-8-21(20)35-5-2)30(36(32)33)11-6-10-28-12-14-34-15-13-28/h7-8,16-17H,4-6,9-15H2,1-3H3,(H,32,33)(H,26,27,31)/p-1. The zero-order chi connectivity index (χ0) is 25.7. The van der Waals surface area contributed by atoms with Crippen LogP contribution >= 0.6 is 0 Å². The zero-order valence-corrected chi connectivity index (χ0v) is 21.9. The van der Waals surface area contributed by atoms with Gasteiger partial charge in [-0.25, -0.2) is 4.98 Å². The van der Waals surface area contributed by atoms with Crippen LogP contribution in [0.5, 0.6) is 5.75 Å². The molecule has 0 spiro atoms. The van der Waals surface area contributed by atoms with E-state index < -0.39 is 11.3 Å². The predicted octanol–water partition coefficient (Wildman–Crippen LogP) is 2.83. The van der Waals surface area contributed by atoms with Crippen molar-refractivity contribution in [2.75, 3.05) is 50.3 Å². The second-order valence-corrected chi connectivity index (χ2v) is 9.73. The molecule has 1 fully saturated rings. The maximum atomic E-state index is 13.0. The molecule has 1 saturated heterocycles. The normalized spacial score (nSPS) is 15.3. The van der Waals surface area contributed by atoms with Crippen LogP contribution in [0.2, 0.25) is 0 Å². The van der Waals surface area contributed by atoms with Gasteiger partial charge in [0.2, 0.25) is 0 Å². The van der Waals surface area contributed by atoms with Gasteiger partial charge in [0.05, 0.1) is 30.8 Å². The van der Waals surface area contributed by atoms with Gasteiger partial charge >= 0.3 is 0 Å². The lowest BCUT2D eigenvalue weighted by molar-refractivity contribution is 0.0377. The summed E-state index contributed by atoms with van der Waals surface area (Å²) in [4.78, 5) is 23.0. The number of aromatic amines is 1. The van der Waals surface area contributed by atoms with E-state index in [1.54, 1.807) is 18.2 Å². The zero-order valence-electron chi connectivity index (χ0n) is 21.1. The number of hydrogen-bond donors (Lipinski definition) is 1. The Labute approximate surface area is 213 Å². The van der Waals surface area contributed by atoms with Gasteiger partial charge in [0.25, 0.3) is 5.56 Å². The van der Waals surface area contributed by atoms with Crippen LogP contribution in [0.3, 0.4) is 0 Å². The van der Waals surface area contributed by atoms with Crippen LogP contribution in [0, 0.1) is 6.92 Å². The Balaban J connectivity index is 1.69. The molecule has 196 valence electrons. The minimum absolute atomic E-state index is 0.232. The fourth-order valence-electron chi connectivity index (χ4n) is 4.61. The molecule has 1 unspecified atom stereocenters. The highest BCUT2D eigenvalue weighted by atomic mass is 32.2. The SMILES string of the molecule is CCCn1cc(C)c2c(=O)[nH]c(-c3cc(N(CCCN4CCOCC4)S(=O)[O-])ccc3OCC)nc21. The molecule has 4 rings (SSSR count). The first-order valence-electron chi connectivity index (χ1n) is 12.5. The number of morpholine rings is 1. The van der Waals surface area contributed by atoms with Crippen molar-refractivity contribution in [3.8, 4) is 17.1 Å². The van der Waals surface area contributed by atoms with E-state index >= 15 is 0 Å². The third-order valence-corrected chi connectivity index (χ3v) is 7.06. The van der Waals surface area contributed by atoms with Crippen LogP contribution in [0.25, 0.3) is 22.4 Å². The van der Waals surface area contributed by atoms with Crippen LogP contribution < -0.4 is 14.6 Å². The van der Waals surface area contributed by atoms with E-state index in [9.17, 15) is 13.6 Å². The second kappa shape index (κ2) is 12.0. The number of nitrogens with one attached hydrogen (secondary N) is 1. The highest BCUT2D eigenvalue weighted by Gasteiger charge is 2.19. The summed E-state index contributed by atoms with van der Waals surface area (Å²) in [6.45, 7) is 11.2. The number of aromatic nitrogens is 3. The summed E-state index contributed by atoms with van der Waals surface area (Å²) in [5.74, 6) is 0.872. The van der Waals surface area contributed by atoms with E-state index in [-0.39, 0.29) is 5.56 Å². The molecule has 1 aliphatic rings. The number of hydrogen-bond acceptors (Lipinski definition) is 7. The molecule has 3 heterocycles. The summed E-state index contributed by atoms with van der Waals surface area (Å²) in [6, 6.07) is 5.18. The van der Waals surface area contributed by atoms with Gasteiger partial charge in [-0.05, 0) is 50.5 Å². The number of ether oxygens (including phenoxy) is 2. The fraction of sp³-hybridized carbons (Fsp3) is 0.520. The van der Waals surface area contributed by atoms with E-state index in [1.165, 1.54) is 4.31 Å². The Morgan fingerprint density at radius 3 is 2.72 bits per heavy atom. The molecule has 0 radical (unpaired) electrons. The molecule has 10 nitrogen and oxygen atoms in total. The summed E-state index contributed by atoms with van der Waals surface area (Å²) in [5, 5.41) is 0.562. The fourth-order valence-corrected chi connectivity index (χ4v) is 5.18. The van der Waals surface area contributed by atoms with Gasteiger partial charge in [-0.2, -0.15) is 0 Å². The van der Waals surface area contributed by atoms with Crippen LogP contribution in [-0.4, -0.2) is 74.2 Å². The van der Waals surface area contributed by atoms with Gasteiger partial charge in [-0.1, -0.05) is 6.92 Å². The summed E-state index contributed by atoms with van der Waals surface area (Å²) in [5.41, 5.74) is 2.27. The number of aryl methyl sites for hydroxylation is 2. The highest BCUT2D eigenvalue weighted by Crippen LogP contribution is 2.33. The molecular weight excluding hydrogens is 482 g/mol. The Morgan fingerprint density at radius 2 is 2.03 bits per heavy atom. The van der Waals surface area contributed by atoms with E-state index in [0.29, 0.717) is 66.6 Å². The number of fused-ring (bicyclic) bond motifs is 1. The van der Waals surface area contributed by atoms with Crippen molar-refractivity contribution < 1.29 is 18.2 Å². The Morgan fingerprint density at radius 1 is 1.25 bits per heavy atom. The molecule has 1 atom stereocenters. The molecule has 0 saturated carbocycles. The number of anilines is 1. The Kier molecular flexibility index (Phi) is 8.78. The average molecular weight is 517 g/mol. The molecule has 0 amide bonds. The van der Waals surface area contributed by atoms with Gasteiger partial charge < -0.3 is 27.9 Å². The van der Waals surface area contributed by atoms with Gasteiger partial charge in [0.1, 0.15) is 17.2 Å². The Hall–Kier alpha value is -2.73. The maximum Gasteiger partial charge on any atom is 0.260 e. The third-order valence-electron chi connectivity index (χ3n) is 6.31. The topological polar surface area (TPSA) is 116 Å². The highest BCUT2D eigenvalue weighted by molar-refractivity contribution is 7.80. The predicted molar refractivity (Wildman–Crippen MR) is 140 cm³/mol. The second-order valence-electron chi connectivity index (χ2n) is 8.86. The van der Waals surface area contributed by atoms with Crippen molar-refractivity contribution in [1.82, 2.24) is 19.4 Å². The Bertz CT molecular complexity index is 1270. The number of rotatable bonds is 11. The largest absolute Gasteiger partial charge is 0.755 e. The van der Waals surface area contributed by atoms with E-state index in [2.05, 4.69) is 16.8 Å². The number of H-pyrrole nitrogens is 1. The molecule has 1 aliphatic heterocycles. The van der Waals surface area contributed by atoms with Gasteiger partial charge in [-0.15, -0.1) is 0 Å². The van der Waals surface area contributed by atoms with Crippen LogP contribution in [0.15, 0.2) is 29.2 Å². The summed E-state index contributed by atoms with van der Waals surface area (Å²) >= 11 is -2.46. The third kappa shape index (κ3) is 5.80. The first-order valence-corrected chi connectivity index (χ1v) is 13.5. The molecule has 0 bridgehead atoms. The molecule has 1 aromatic carbocycles. The van der Waals surface area contributed by atoms with E-state index in [4.69, 9.17) is 14.5 Å². The van der Waals surface area contributed by atoms with Gasteiger partial charge in [-0.3, -0.25) is 13.9 Å². The first kappa shape index (κ1) is 26.3. The first-order chi connectivity index (χ1) is 17.4. The lowest BCUT2D eigenvalue weighted by Crippen LogP contribution is -2.38. The van der Waals surface area contributed by atoms with E-state index in [1.807, 2.05) is 24.6 Å². The lowest BCUT2D eigenvalue weighted by atomic mass is 10.1. The molecule has 0 aliphatic carbocycles. The lowest BCUT2D eigenvalue weighted by Gasteiger charge is -2.30. The number of benzene rings is 1. The van der Waals surface area contributed by atoms with E-state index in [0.717, 1.165) is 38.2 Å². The minimum atomic E-state index is -2.46. The van der Waals surface area contributed by atoms with Crippen LogP contribution in [0.4, 0.5) is 5.69 Å². The monoisotopic (exact) mass is 516 g/mol. The molecule has 11 heteroatoms. The summed E-state index contributed by atoms with van der Waals surface area (Å²) in [7, 11) is 0. The summed E-state index contributed by atoms with van der Waals surface area (Å²) in [6.07, 6.45) is 3.53. The van der Waals surface area contributed by atoms with Gasteiger partial charge in [0, 0.05) is 55.9 Å². The van der Waals surface area contributed by atoms with Crippen LogP contribution in [-0.2, 0) is 22.5 Å². The van der Waals surface area contributed by atoms with Gasteiger partial charge in [0.15, 0.2) is 0 Å². The average Bonchev–Trinajstić information content (AvgIpc) is 3.18. The van der Waals surface area contributed by atoms with Crippen molar-refractivity contribution in [1.29, 1.82) is 0 Å². The van der Waals surface area contributed by atoms with Crippen molar-refractivity contribution in [3.05, 3.63) is 40.3 Å².